The lowest BCUT2D eigenvalue weighted by atomic mass is 10.1. The van der Waals surface area contributed by atoms with Gasteiger partial charge < -0.3 is 20.1 Å². The van der Waals surface area contributed by atoms with Gasteiger partial charge in [0.05, 0.1) is 12.3 Å². The molecule has 2 heterocycles. The van der Waals surface area contributed by atoms with Crippen molar-refractivity contribution in [1.29, 1.82) is 0 Å². The molecule has 26 heavy (non-hydrogen) atoms. The van der Waals surface area contributed by atoms with Crippen molar-refractivity contribution < 1.29 is 22.7 Å². The number of hydrogen-bond donors (Lipinski definition) is 2. The molecule has 1 fully saturated rings. The van der Waals surface area contributed by atoms with Crippen LogP contribution in [0.3, 0.4) is 0 Å². The Kier molecular flexibility index (Phi) is 5.57. The number of piperidine rings is 1. The van der Waals surface area contributed by atoms with Crippen molar-refractivity contribution in [3.8, 4) is 11.5 Å². The number of amides is 2. The van der Waals surface area contributed by atoms with Crippen LogP contribution in [-0.2, 0) is 10.0 Å². The van der Waals surface area contributed by atoms with E-state index in [1.165, 1.54) is 10.6 Å². The second-order valence-corrected chi connectivity index (χ2v) is 8.66. The van der Waals surface area contributed by atoms with Crippen LogP contribution in [-0.4, -0.2) is 57.4 Å². The number of nitrogens with one attached hydrogen (secondary N) is 2. The Labute approximate surface area is 153 Å². The topological polar surface area (TPSA) is 97.0 Å². The number of fused-ring (bicyclic) bond motifs is 1. The highest BCUT2D eigenvalue weighted by Gasteiger charge is 2.26. The average Bonchev–Trinajstić information content (AvgIpc) is 2.61. The Hall–Kier alpha value is -2.00. The summed E-state index contributed by atoms with van der Waals surface area (Å²) in [7, 11) is -3.16. The highest BCUT2D eigenvalue weighted by atomic mass is 32.2. The Balaban J connectivity index is 1.50. The van der Waals surface area contributed by atoms with Crippen LogP contribution in [0, 0.1) is 0 Å². The van der Waals surface area contributed by atoms with Crippen molar-refractivity contribution in [1.82, 2.24) is 14.9 Å². The summed E-state index contributed by atoms with van der Waals surface area (Å²) in [6.45, 7) is 3.83. The third-order valence-electron chi connectivity index (χ3n) is 4.67. The van der Waals surface area contributed by atoms with E-state index in [9.17, 15) is 13.2 Å². The van der Waals surface area contributed by atoms with Gasteiger partial charge in [0.1, 0.15) is 13.2 Å². The quantitative estimate of drug-likeness (QED) is 0.815. The van der Waals surface area contributed by atoms with E-state index in [0.717, 1.165) is 5.56 Å². The fourth-order valence-electron chi connectivity index (χ4n) is 3.17. The standard InChI is InChI=1S/C17H25N3O5S/c1-12(13-3-4-15-16(11-13)25-10-9-24-15)18-17(21)19-14-5-7-20(8-6-14)26(2,22)23/h3-4,11-12,14H,5-10H2,1-2H3,(H2,18,19,21)/t12-/m0/s1. The third-order valence-corrected chi connectivity index (χ3v) is 5.98. The minimum absolute atomic E-state index is 0.0273. The number of rotatable bonds is 4. The predicted octanol–water partition coefficient (Wildman–Crippen LogP) is 1.24. The van der Waals surface area contributed by atoms with Gasteiger partial charge in [-0.05, 0) is 37.5 Å². The van der Waals surface area contributed by atoms with E-state index in [-0.39, 0.29) is 18.1 Å². The Morgan fingerprint density at radius 1 is 1.19 bits per heavy atom. The van der Waals surface area contributed by atoms with Gasteiger partial charge in [-0.1, -0.05) is 6.07 Å². The van der Waals surface area contributed by atoms with E-state index in [0.29, 0.717) is 50.6 Å². The molecule has 0 radical (unpaired) electrons. The number of ether oxygens (including phenoxy) is 2. The maximum atomic E-state index is 12.3. The monoisotopic (exact) mass is 383 g/mol. The van der Waals surface area contributed by atoms with Crippen LogP contribution >= 0.6 is 0 Å². The molecular weight excluding hydrogens is 358 g/mol. The van der Waals surface area contributed by atoms with Crippen LogP contribution in [0.25, 0.3) is 0 Å². The molecule has 0 aliphatic carbocycles. The SMILES string of the molecule is C[C@H](NC(=O)NC1CCN(S(C)(=O)=O)CC1)c1ccc2c(c1)OCCO2. The van der Waals surface area contributed by atoms with Gasteiger partial charge in [-0.15, -0.1) is 0 Å². The van der Waals surface area contributed by atoms with Crippen LogP contribution in [0.2, 0.25) is 0 Å². The highest BCUT2D eigenvalue weighted by molar-refractivity contribution is 7.88. The lowest BCUT2D eigenvalue weighted by molar-refractivity contribution is 0.171. The first-order valence-electron chi connectivity index (χ1n) is 8.74. The molecule has 0 spiro atoms. The van der Waals surface area contributed by atoms with Crippen LogP contribution < -0.4 is 20.1 Å². The fourth-order valence-corrected chi connectivity index (χ4v) is 4.04. The summed E-state index contributed by atoms with van der Waals surface area (Å²) in [5.74, 6) is 1.41. The molecule has 1 aromatic carbocycles. The molecule has 0 saturated carbocycles. The number of carbonyl (C=O) groups excluding carboxylic acids is 1. The van der Waals surface area contributed by atoms with Gasteiger partial charge in [-0.25, -0.2) is 17.5 Å². The first kappa shape index (κ1) is 18.8. The first-order valence-corrected chi connectivity index (χ1v) is 10.6. The summed E-state index contributed by atoms with van der Waals surface area (Å²) in [5, 5.41) is 5.84. The summed E-state index contributed by atoms with van der Waals surface area (Å²) in [4.78, 5) is 12.3. The van der Waals surface area contributed by atoms with Gasteiger partial charge in [-0.3, -0.25) is 0 Å². The summed E-state index contributed by atoms with van der Waals surface area (Å²) in [6, 6.07) is 5.15. The second kappa shape index (κ2) is 7.71. The van der Waals surface area contributed by atoms with E-state index < -0.39 is 10.0 Å². The van der Waals surface area contributed by atoms with Gasteiger partial charge in [-0.2, -0.15) is 0 Å². The predicted molar refractivity (Wildman–Crippen MR) is 97.0 cm³/mol. The molecular formula is C17H25N3O5S. The largest absolute Gasteiger partial charge is 0.486 e. The second-order valence-electron chi connectivity index (χ2n) is 6.68. The van der Waals surface area contributed by atoms with Gasteiger partial charge >= 0.3 is 6.03 Å². The van der Waals surface area contributed by atoms with Gasteiger partial charge in [0.15, 0.2) is 11.5 Å². The maximum absolute atomic E-state index is 12.3. The van der Waals surface area contributed by atoms with Crippen LogP contribution in [0.1, 0.15) is 31.4 Å². The Morgan fingerprint density at radius 3 is 2.50 bits per heavy atom. The number of sulfonamides is 1. The number of nitrogens with zero attached hydrogens (tertiary/aromatic N) is 1. The number of carbonyl (C=O) groups is 1. The van der Waals surface area contributed by atoms with E-state index in [2.05, 4.69) is 10.6 Å². The molecule has 144 valence electrons. The lowest BCUT2D eigenvalue weighted by Crippen LogP contribution is -2.49. The van der Waals surface area contributed by atoms with Gasteiger partial charge in [0.2, 0.25) is 10.0 Å². The zero-order chi connectivity index (χ0) is 18.7. The molecule has 1 atom stereocenters. The molecule has 2 N–H and O–H groups in total. The molecule has 0 bridgehead atoms. The van der Waals surface area contributed by atoms with E-state index in [4.69, 9.17) is 9.47 Å². The molecule has 2 aliphatic rings. The van der Waals surface area contributed by atoms with Crippen LogP contribution in [0.15, 0.2) is 18.2 Å². The summed E-state index contributed by atoms with van der Waals surface area (Å²) >= 11 is 0. The average molecular weight is 383 g/mol. The molecule has 2 aliphatic heterocycles. The van der Waals surface area contributed by atoms with Crippen LogP contribution in [0.5, 0.6) is 11.5 Å². The third kappa shape index (κ3) is 4.59. The van der Waals surface area contributed by atoms with E-state index in [1.54, 1.807) is 0 Å². The highest BCUT2D eigenvalue weighted by Crippen LogP contribution is 2.32. The maximum Gasteiger partial charge on any atom is 0.315 e. The van der Waals surface area contributed by atoms with E-state index >= 15 is 0 Å². The smallest absolute Gasteiger partial charge is 0.315 e. The minimum atomic E-state index is -3.16. The van der Waals surface area contributed by atoms with Crippen molar-refractivity contribution in [3.05, 3.63) is 23.8 Å². The zero-order valence-electron chi connectivity index (χ0n) is 15.0. The zero-order valence-corrected chi connectivity index (χ0v) is 15.8. The summed E-state index contributed by atoms with van der Waals surface area (Å²) < 4.78 is 35.6. The molecule has 0 aromatic heterocycles. The van der Waals surface area contributed by atoms with E-state index in [1.807, 2.05) is 25.1 Å². The number of urea groups is 1. The normalized spacial score (nSPS) is 19.6. The fraction of sp³-hybridized carbons (Fsp3) is 0.588. The first-order chi connectivity index (χ1) is 12.3. The molecule has 0 unspecified atom stereocenters. The minimum Gasteiger partial charge on any atom is -0.486 e. The molecule has 2 amide bonds. The Morgan fingerprint density at radius 2 is 1.85 bits per heavy atom. The van der Waals surface area contributed by atoms with Crippen LogP contribution in [0.4, 0.5) is 4.79 Å². The van der Waals surface area contributed by atoms with Crippen molar-refractivity contribution in [2.75, 3.05) is 32.6 Å². The van der Waals surface area contributed by atoms with Crippen molar-refractivity contribution in [2.45, 2.75) is 31.8 Å². The molecule has 9 heteroatoms. The van der Waals surface area contributed by atoms with Crippen molar-refractivity contribution >= 4 is 16.1 Å². The summed E-state index contributed by atoms with van der Waals surface area (Å²) in [5.41, 5.74) is 0.927. The molecule has 3 rings (SSSR count). The molecule has 1 saturated heterocycles. The molecule has 1 aromatic rings. The lowest BCUT2D eigenvalue weighted by Gasteiger charge is -2.31. The Bertz CT molecular complexity index is 760. The van der Waals surface area contributed by atoms with Crippen molar-refractivity contribution in [2.24, 2.45) is 0 Å². The number of hydrogen-bond acceptors (Lipinski definition) is 5. The molecule has 8 nitrogen and oxygen atoms in total. The number of benzene rings is 1. The van der Waals surface area contributed by atoms with Gasteiger partial charge in [0, 0.05) is 19.1 Å². The summed E-state index contributed by atoms with van der Waals surface area (Å²) in [6.07, 6.45) is 2.43. The van der Waals surface area contributed by atoms with Gasteiger partial charge in [0.25, 0.3) is 0 Å². The van der Waals surface area contributed by atoms with Crippen molar-refractivity contribution in [3.63, 3.8) is 0 Å².